The lowest BCUT2D eigenvalue weighted by molar-refractivity contribution is -0.143. The summed E-state index contributed by atoms with van der Waals surface area (Å²) in [6.45, 7) is 5.32. The Kier molecular flexibility index (Phi) is 3.16. The van der Waals surface area contributed by atoms with E-state index in [0.717, 1.165) is 44.8 Å². The van der Waals surface area contributed by atoms with Crippen molar-refractivity contribution in [2.75, 3.05) is 26.7 Å². The zero-order chi connectivity index (χ0) is 16.5. The van der Waals surface area contributed by atoms with E-state index in [2.05, 4.69) is 42.0 Å². The first-order valence-corrected chi connectivity index (χ1v) is 9.65. The Morgan fingerprint density at radius 3 is 2.92 bits per heavy atom. The second-order valence-corrected chi connectivity index (χ2v) is 8.84. The van der Waals surface area contributed by atoms with Crippen LogP contribution in [0.1, 0.15) is 42.4 Å². The Hall–Kier alpha value is -1.35. The van der Waals surface area contributed by atoms with Crippen LogP contribution in [0, 0.1) is 18.8 Å². The maximum absolute atomic E-state index is 13.0. The van der Waals surface area contributed by atoms with Crippen LogP contribution in [0.25, 0.3) is 0 Å². The number of benzene rings is 1. The Bertz CT molecular complexity index is 695. The summed E-state index contributed by atoms with van der Waals surface area (Å²) in [6, 6.07) is 7.57. The number of nitrogens with zero attached hydrogens (tertiary/aromatic N) is 2. The highest BCUT2D eigenvalue weighted by Gasteiger charge is 2.56. The molecule has 2 aliphatic heterocycles. The molecule has 2 heterocycles. The van der Waals surface area contributed by atoms with Gasteiger partial charge in [-0.15, -0.1) is 0 Å². The Morgan fingerprint density at radius 2 is 2.12 bits per heavy atom. The van der Waals surface area contributed by atoms with E-state index in [4.69, 9.17) is 0 Å². The number of piperidine rings is 2. The minimum atomic E-state index is 0.105. The fourth-order valence-electron chi connectivity index (χ4n) is 5.71. The molecular weight excluding hydrogens is 296 g/mol. The van der Waals surface area contributed by atoms with Gasteiger partial charge in [-0.1, -0.05) is 23.8 Å². The van der Waals surface area contributed by atoms with Crippen molar-refractivity contribution >= 4 is 5.91 Å². The maximum Gasteiger partial charge on any atom is 0.223 e. The first-order valence-electron chi connectivity index (χ1n) is 9.65. The SMILES string of the molecule is Cc1ccc2c(c1)[C@]13CCN(C)[C@H](C2)[C@@H]1CN(CC1CC1)C(=O)C3. The molecule has 0 aromatic heterocycles. The Labute approximate surface area is 145 Å². The quantitative estimate of drug-likeness (QED) is 0.835. The molecule has 0 N–H and O–H groups in total. The van der Waals surface area contributed by atoms with Crippen molar-refractivity contribution in [3.05, 3.63) is 34.9 Å². The zero-order valence-electron chi connectivity index (χ0n) is 14.9. The number of carbonyl (C=O) groups is 1. The number of carbonyl (C=O) groups excluding carboxylic acids is 1. The fourth-order valence-corrected chi connectivity index (χ4v) is 5.71. The van der Waals surface area contributed by atoms with Gasteiger partial charge in [-0.2, -0.15) is 0 Å². The summed E-state index contributed by atoms with van der Waals surface area (Å²) in [6.07, 6.45) is 5.69. The predicted molar refractivity (Wildman–Crippen MR) is 95.0 cm³/mol. The summed E-state index contributed by atoms with van der Waals surface area (Å²) >= 11 is 0. The second kappa shape index (κ2) is 5.08. The van der Waals surface area contributed by atoms with E-state index in [1.807, 2.05) is 0 Å². The average Bonchev–Trinajstić information content (AvgIpc) is 3.36. The fraction of sp³-hybridized carbons (Fsp3) is 0.667. The molecule has 5 rings (SSSR count). The Balaban J connectivity index is 1.58. The number of hydrogen-bond acceptors (Lipinski definition) is 2. The monoisotopic (exact) mass is 324 g/mol. The summed E-state index contributed by atoms with van der Waals surface area (Å²) in [7, 11) is 2.29. The van der Waals surface area contributed by atoms with Gasteiger partial charge in [-0.3, -0.25) is 4.79 Å². The standard InChI is InChI=1S/C21H28N2O/c1-14-3-6-16-10-19-18-13-23(12-15-4-5-15)20(24)11-21(18,17(16)9-14)7-8-22(19)2/h3,6,9,15,18-19H,4-5,7-8,10-13H2,1-2H3/t18-,19+,21+/m0/s1. The lowest BCUT2D eigenvalue weighted by Gasteiger charge is -2.59. The highest BCUT2D eigenvalue weighted by atomic mass is 16.2. The molecule has 128 valence electrons. The van der Waals surface area contributed by atoms with Crippen molar-refractivity contribution in [1.29, 1.82) is 0 Å². The summed E-state index contributed by atoms with van der Waals surface area (Å²) < 4.78 is 0. The molecule has 0 radical (unpaired) electrons. The van der Waals surface area contributed by atoms with Crippen LogP contribution in [-0.4, -0.2) is 48.4 Å². The van der Waals surface area contributed by atoms with Crippen LogP contribution in [0.5, 0.6) is 0 Å². The molecule has 0 unspecified atom stereocenters. The van der Waals surface area contributed by atoms with E-state index in [1.165, 1.54) is 29.5 Å². The Morgan fingerprint density at radius 1 is 1.29 bits per heavy atom. The van der Waals surface area contributed by atoms with Gasteiger partial charge in [0.1, 0.15) is 0 Å². The van der Waals surface area contributed by atoms with Crippen molar-refractivity contribution in [1.82, 2.24) is 9.80 Å². The molecule has 3 nitrogen and oxygen atoms in total. The van der Waals surface area contributed by atoms with E-state index in [0.29, 0.717) is 17.9 Å². The molecule has 24 heavy (non-hydrogen) atoms. The molecule has 2 saturated heterocycles. The molecule has 4 aliphatic rings. The molecule has 2 aliphatic carbocycles. The summed E-state index contributed by atoms with van der Waals surface area (Å²) in [5.41, 5.74) is 4.45. The van der Waals surface area contributed by atoms with E-state index in [-0.39, 0.29) is 5.41 Å². The minimum Gasteiger partial charge on any atom is -0.342 e. The van der Waals surface area contributed by atoms with Crippen molar-refractivity contribution in [2.45, 2.75) is 50.5 Å². The molecular formula is C21H28N2O. The second-order valence-electron chi connectivity index (χ2n) is 8.84. The molecule has 1 saturated carbocycles. The largest absolute Gasteiger partial charge is 0.342 e. The highest BCUT2D eigenvalue weighted by Crippen LogP contribution is 2.53. The number of fused-ring (bicyclic) bond motifs is 1. The van der Waals surface area contributed by atoms with E-state index < -0.39 is 0 Å². The zero-order valence-corrected chi connectivity index (χ0v) is 14.9. The molecule has 3 heteroatoms. The van der Waals surface area contributed by atoms with E-state index in [1.54, 1.807) is 0 Å². The van der Waals surface area contributed by atoms with Crippen LogP contribution in [0.15, 0.2) is 18.2 Å². The normalized spacial score (nSPS) is 35.6. The lowest BCUT2D eigenvalue weighted by Crippen LogP contribution is -2.66. The summed E-state index contributed by atoms with van der Waals surface area (Å²) in [5, 5.41) is 0. The van der Waals surface area contributed by atoms with Crippen LogP contribution < -0.4 is 0 Å². The number of hydrogen-bond donors (Lipinski definition) is 0. The summed E-state index contributed by atoms with van der Waals surface area (Å²) in [4.78, 5) is 17.8. The number of rotatable bonds is 2. The van der Waals surface area contributed by atoms with Gasteiger partial charge in [0.15, 0.2) is 0 Å². The highest BCUT2D eigenvalue weighted by molar-refractivity contribution is 5.80. The maximum atomic E-state index is 13.0. The molecule has 2 bridgehead atoms. The number of aryl methyl sites for hydroxylation is 1. The van der Waals surface area contributed by atoms with Crippen LogP contribution in [-0.2, 0) is 16.6 Å². The van der Waals surface area contributed by atoms with Crippen LogP contribution in [0.4, 0.5) is 0 Å². The van der Waals surface area contributed by atoms with Crippen LogP contribution in [0.2, 0.25) is 0 Å². The molecule has 3 fully saturated rings. The van der Waals surface area contributed by atoms with Crippen molar-refractivity contribution < 1.29 is 4.79 Å². The molecule has 1 aromatic carbocycles. The molecule has 0 spiro atoms. The first kappa shape index (κ1) is 14.9. The number of likely N-dealkylation sites (tertiary alicyclic amines) is 2. The van der Waals surface area contributed by atoms with Crippen molar-refractivity contribution in [2.24, 2.45) is 11.8 Å². The number of likely N-dealkylation sites (N-methyl/N-ethyl adjacent to an activating group) is 1. The van der Waals surface area contributed by atoms with Crippen molar-refractivity contribution in [3.8, 4) is 0 Å². The van der Waals surface area contributed by atoms with Gasteiger partial charge in [0.05, 0.1) is 0 Å². The third-order valence-electron chi connectivity index (χ3n) is 7.29. The third kappa shape index (κ3) is 2.10. The summed E-state index contributed by atoms with van der Waals surface area (Å²) in [5.74, 6) is 1.82. The van der Waals surface area contributed by atoms with Crippen LogP contribution in [0.3, 0.4) is 0 Å². The minimum absolute atomic E-state index is 0.105. The lowest BCUT2D eigenvalue weighted by atomic mass is 9.54. The molecule has 1 aromatic rings. The average molecular weight is 324 g/mol. The predicted octanol–water partition coefficient (Wildman–Crippen LogP) is 2.75. The van der Waals surface area contributed by atoms with Gasteiger partial charge in [-0.05, 0) is 63.2 Å². The number of amides is 1. The van der Waals surface area contributed by atoms with Gasteiger partial charge in [0.2, 0.25) is 5.91 Å². The molecule has 3 atom stereocenters. The molecule has 1 amide bonds. The van der Waals surface area contributed by atoms with E-state index >= 15 is 0 Å². The van der Waals surface area contributed by atoms with Gasteiger partial charge in [0, 0.05) is 36.9 Å². The van der Waals surface area contributed by atoms with E-state index in [9.17, 15) is 4.79 Å². The smallest absolute Gasteiger partial charge is 0.223 e. The first-order chi connectivity index (χ1) is 11.6. The van der Waals surface area contributed by atoms with Crippen LogP contribution >= 0.6 is 0 Å². The third-order valence-corrected chi connectivity index (χ3v) is 7.29. The van der Waals surface area contributed by atoms with Gasteiger partial charge in [-0.25, -0.2) is 0 Å². The van der Waals surface area contributed by atoms with Gasteiger partial charge < -0.3 is 9.80 Å². The van der Waals surface area contributed by atoms with Crippen molar-refractivity contribution in [3.63, 3.8) is 0 Å². The van der Waals surface area contributed by atoms with Gasteiger partial charge in [0.25, 0.3) is 0 Å². The van der Waals surface area contributed by atoms with Gasteiger partial charge >= 0.3 is 0 Å². The topological polar surface area (TPSA) is 23.6 Å².